The van der Waals surface area contributed by atoms with E-state index in [-0.39, 0.29) is 11.5 Å². The fraction of sp³-hybridized carbons (Fsp3) is 0.562. The smallest absolute Gasteiger partial charge is 0.223 e. The van der Waals surface area contributed by atoms with Crippen molar-refractivity contribution in [3.8, 4) is 0 Å². The average Bonchev–Trinajstić information content (AvgIpc) is 2.81. The molecule has 0 radical (unpaired) electrons. The van der Waals surface area contributed by atoms with Crippen LogP contribution in [0.1, 0.15) is 31.7 Å². The summed E-state index contributed by atoms with van der Waals surface area (Å²) in [6.45, 7) is 6.98. The molecule has 2 aliphatic rings. The number of carbonyl (C=O) groups is 1. The number of carbonyl (C=O) groups excluding carboxylic acids is 1. The van der Waals surface area contributed by atoms with Crippen LogP contribution in [0.5, 0.6) is 0 Å². The molecule has 108 valence electrons. The third-order valence-electron chi connectivity index (χ3n) is 4.14. The van der Waals surface area contributed by atoms with Crippen LogP contribution in [-0.2, 0) is 9.53 Å². The highest BCUT2D eigenvalue weighted by Gasteiger charge is 2.32. The van der Waals surface area contributed by atoms with Crippen molar-refractivity contribution in [2.45, 2.75) is 31.8 Å². The molecule has 1 aromatic carbocycles. The second-order valence-electron chi connectivity index (χ2n) is 6.29. The maximum atomic E-state index is 12.5. The lowest BCUT2D eigenvalue weighted by Gasteiger charge is -2.38. The minimum absolute atomic E-state index is 0.222. The Morgan fingerprint density at radius 2 is 2.25 bits per heavy atom. The zero-order valence-electron chi connectivity index (χ0n) is 12.2. The first-order chi connectivity index (χ1) is 9.55. The van der Waals surface area contributed by atoms with Gasteiger partial charge >= 0.3 is 0 Å². The first-order valence-electron chi connectivity index (χ1n) is 7.30. The highest BCUT2D eigenvalue weighted by Crippen LogP contribution is 2.33. The predicted octanol–water partition coefficient (Wildman–Crippen LogP) is 2.22. The molecule has 1 fully saturated rings. The van der Waals surface area contributed by atoms with E-state index in [0.717, 1.165) is 6.54 Å². The number of hydrogen-bond donors (Lipinski definition) is 1. The van der Waals surface area contributed by atoms with Gasteiger partial charge in [0.05, 0.1) is 12.2 Å². The van der Waals surface area contributed by atoms with Gasteiger partial charge in [-0.2, -0.15) is 0 Å². The van der Waals surface area contributed by atoms with Crippen LogP contribution in [0.25, 0.3) is 0 Å². The molecule has 2 aliphatic heterocycles. The summed E-state index contributed by atoms with van der Waals surface area (Å²) in [7, 11) is 0. The number of rotatable bonds is 2. The number of nitrogens with one attached hydrogen (secondary N) is 1. The quantitative estimate of drug-likeness (QED) is 0.899. The Bertz CT molecular complexity index is 513. The first-order valence-corrected chi connectivity index (χ1v) is 7.30. The van der Waals surface area contributed by atoms with E-state index in [4.69, 9.17) is 4.74 Å². The highest BCUT2D eigenvalue weighted by molar-refractivity contribution is 5.78. The van der Waals surface area contributed by atoms with Gasteiger partial charge in [-0.25, -0.2) is 0 Å². The lowest BCUT2D eigenvalue weighted by Crippen LogP contribution is -2.50. The van der Waals surface area contributed by atoms with Crippen LogP contribution in [0.15, 0.2) is 24.3 Å². The van der Waals surface area contributed by atoms with Gasteiger partial charge < -0.3 is 15.0 Å². The maximum absolute atomic E-state index is 12.5. The van der Waals surface area contributed by atoms with E-state index >= 15 is 0 Å². The Labute approximate surface area is 120 Å². The van der Waals surface area contributed by atoms with Crippen molar-refractivity contribution in [1.82, 2.24) is 4.90 Å². The van der Waals surface area contributed by atoms with E-state index in [9.17, 15) is 4.79 Å². The molecule has 1 atom stereocenters. The summed E-state index contributed by atoms with van der Waals surface area (Å²) in [5.41, 5.74) is 2.22. The topological polar surface area (TPSA) is 41.6 Å². The largest absolute Gasteiger partial charge is 0.384 e. The van der Waals surface area contributed by atoms with Gasteiger partial charge in [0.25, 0.3) is 0 Å². The number of amides is 1. The third kappa shape index (κ3) is 2.66. The van der Waals surface area contributed by atoms with Crippen molar-refractivity contribution in [2.24, 2.45) is 0 Å². The zero-order chi connectivity index (χ0) is 14.2. The summed E-state index contributed by atoms with van der Waals surface area (Å²) >= 11 is 0. The molecule has 4 nitrogen and oxygen atoms in total. The van der Waals surface area contributed by atoms with E-state index < -0.39 is 0 Å². The van der Waals surface area contributed by atoms with Crippen LogP contribution >= 0.6 is 0 Å². The molecule has 0 saturated carbocycles. The fourth-order valence-corrected chi connectivity index (χ4v) is 3.11. The number of morpholine rings is 1. The Hall–Kier alpha value is -1.55. The number of anilines is 1. The van der Waals surface area contributed by atoms with Gasteiger partial charge in [-0.15, -0.1) is 0 Å². The summed E-state index contributed by atoms with van der Waals surface area (Å²) in [5.74, 6) is 0.537. The van der Waals surface area contributed by atoms with Crippen LogP contribution < -0.4 is 5.32 Å². The molecule has 2 heterocycles. The molecule has 1 amide bonds. The van der Waals surface area contributed by atoms with E-state index in [1.165, 1.54) is 11.3 Å². The Balaban J connectivity index is 1.65. The molecule has 0 bridgehead atoms. The summed E-state index contributed by atoms with van der Waals surface area (Å²) in [5, 5.41) is 3.38. The van der Waals surface area contributed by atoms with Crippen LogP contribution in [0, 0.1) is 0 Å². The molecule has 1 N–H and O–H groups in total. The lowest BCUT2D eigenvalue weighted by molar-refractivity contribution is -0.146. The standard InChI is InChI=1S/C16H22N2O2/c1-16(2)11-18(7-8-20-16)15(19)9-12-10-17-14-6-4-3-5-13(12)14/h3-6,12,17H,7-11H2,1-2H3. The normalized spacial score (nSPS) is 24.1. The fourth-order valence-electron chi connectivity index (χ4n) is 3.11. The van der Waals surface area contributed by atoms with Gasteiger partial charge in [0.1, 0.15) is 0 Å². The average molecular weight is 274 g/mol. The van der Waals surface area contributed by atoms with E-state index in [1.807, 2.05) is 30.9 Å². The van der Waals surface area contributed by atoms with Gasteiger partial charge in [-0.3, -0.25) is 4.79 Å². The lowest BCUT2D eigenvalue weighted by atomic mass is 9.96. The number of fused-ring (bicyclic) bond motifs is 1. The molecule has 3 rings (SSSR count). The summed E-state index contributed by atoms with van der Waals surface area (Å²) in [4.78, 5) is 14.4. The molecular formula is C16H22N2O2. The predicted molar refractivity (Wildman–Crippen MR) is 78.9 cm³/mol. The van der Waals surface area contributed by atoms with Crippen molar-refractivity contribution in [1.29, 1.82) is 0 Å². The van der Waals surface area contributed by atoms with Crippen molar-refractivity contribution in [3.05, 3.63) is 29.8 Å². The van der Waals surface area contributed by atoms with Gasteiger partial charge in [0.2, 0.25) is 5.91 Å². The SMILES string of the molecule is CC1(C)CN(C(=O)CC2CNc3ccccc32)CCO1. The van der Waals surface area contributed by atoms with Crippen molar-refractivity contribution < 1.29 is 9.53 Å². The molecule has 4 heteroatoms. The van der Waals surface area contributed by atoms with Crippen LogP contribution in [0.3, 0.4) is 0 Å². The minimum atomic E-state index is -0.222. The molecular weight excluding hydrogens is 252 g/mol. The number of ether oxygens (including phenoxy) is 1. The molecule has 1 saturated heterocycles. The van der Waals surface area contributed by atoms with Gasteiger partial charge in [-0.1, -0.05) is 18.2 Å². The van der Waals surface area contributed by atoms with E-state index in [0.29, 0.717) is 32.0 Å². The number of hydrogen-bond acceptors (Lipinski definition) is 3. The highest BCUT2D eigenvalue weighted by atomic mass is 16.5. The van der Waals surface area contributed by atoms with Crippen LogP contribution in [-0.4, -0.2) is 42.6 Å². The summed E-state index contributed by atoms with van der Waals surface area (Å²) in [6, 6.07) is 8.27. The van der Waals surface area contributed by atoms with Crippen LogP contribution in [0.4, 0.5) is 5.69 Å². The van der Waals surface area contributed by atoms with Crippen LogP contribution in [0.2, 0.25) is 0 Å². The first kappa shape index (κ1) is 13.4. The second-order valence-corrected chi connectivity index (χ2v) is 6.29. The van der Waals surface area contributed by atoms with Gasteiger partial charge in [0, 0.05) is 37.7 Å². The number of benzene rings is 1. The third-order valence-corrected chi connectivity index (χ3v) is 4.14. The summed E-state index contributed by atoms with van der Waals surface area (Å²) in [6.07, 6.45) is 0.583. The van der Waals surface area contributed by atoms with Crippen molar-refractivity contribution >= 4 is 11.6 Å². The van der Waals surface area contributed by atoms with Gasteiger partial charge in [-0.05, 0) is 25.5 Å². The van der Waals surface area contributed by atoms with Crippen molar-refractivity contribution in [2.75, 3.05) is 31.6 Å². The molecule has 1 unspecified atom stereocenters. The van der Waals surface area contributed by atoms with Crippen molar-refractivity contribution in [3.63, 3.8) is 0 Å². The molecule has 0 spiro atoms. The monoisotopic (exact) mass is 274 g/mol. The zero-order valence-corrected chi connectivity index (χ0v) is 12.2. The number of nitrogens with zero attached hydrogens (tertiary/aromatic N) is 1. The summed E-state index contributed by atoms with van der Waals surface area (Å²) < 4.78 is 5.67. The number of para-hydroxylation sites is 1. The Morgan fingerprint density at radius 3 is 3.05 bits per heavy atom. The minimum Gasteiger partial charge on any atom is -0.384 e. The molecule has 0 aliphatic carbocycles. The molecule has 0 aromatic heterocycles. The molecule has 1 aromatic rings. The molecule has 20 heavy (non-hydrogen) atoms. The Morgan fingerprint density at radius 1 is 1.45 bits per heavy atom. The maximum Gasteiger partial charge on any atom is 0.223 e. The van der Waals surface area contributed by atoms with E-state index in [1.54, 1.807) is 0 Å². The Kier molecular flexibility index (Phi) is 3.42. The van der Waals surface area contributed by atoms with Gasteiger partial charge in [0.15, 0.2) is 0 Å². The van der Waals surface area contributed by atoms with E-state index in [2.05, 4.69) is 17.4 Å². The second kappa shape index (κ2) is 5.09.